The molecule has 4 rings (SSSR count). The number of methoxy groups -OCH3 is 1. The Hall–Kier alpha value is -2.78. The van der Waals surface area contributed by atoms with Crippen molar-refractivity contribution in [2.75, 3.05) is 7.11 Å². The van der Waals surface area contributed by atoms with Crippen LogP contribution in [-0.2, 0) is 11.3 Å². The van der Waals surface area contributed by atoms with Crippen LogP contribution in [0.25, 0.3) is 6.08 Å². The van der Waals surface area contributed by atoms with Crippen molar-refractivity contribution in [1.29, 1.82) is 0 Å². The molecule has 178 valence electrons. The van der Waals surface area contributed by atoms with Gasteiger partial charge in [0.05, 0.1) is 28.6 Å². The zero-order valence-electron chi connectivity index (χ0n) is 18.1. The largest absolute Gasteiger partial charge is 0.493 e. The summed E-state index contributed by atoms with van der Waals surface area (Å²) in [6, 6.07) is 16.6. The standard InChI is InChI=1S/C25H16BrCl2NO5S/c1-33-20-11-15(10-19(26)22(20)34-24(31)16-5-7-17(27)8-6-16)12-21-23(30)29(25(32)35-21)13-14-3-2-4-18(28)9-14/h2-12H,13H2,1H3/b21-12-. The predicted molar refractivity (Wildman–Crippen MR) is 140 cm³/mol. The Kier molecular flexibility index (Phi) is 7.86. The molecule has 0 saturated carbocycles. The number of imide groups is 1. The van der Waals surface area contributed by atoms with Gasteiger partial charge < -0.3 is 9.47 Å². The first-order valence-electron chi connectivity index (χ1n) is 10.1. The quantitative estimate of drug-likeness (QED) is 0.171. The molecule has 1 heterocycles. The van der Waals surface area contributed by atoms with Crippen molar-refractivity contribution in [3.63, 3.8) is 0 Å². The summed E-state index contributed by atoms with van der Waals surface area (Å²) in [5, 5.41) is 0.654. The SMILES string of the molecule is COc1cc(/C=C2\SC(=O)N(Cc3cccc(Cl)c3)C2=O)cc(Br)c1OC(=O)c1ccc(Cl)cc1. The van der Waals surface area contributed by atoms with Crippen LogP contribution in [0, 0.1) is 0 Å². The number of rotatable bonds is 6. The van der Waals surface area contributed by atoms with Crippen LogP contribution in [0.3, 0.4) is 0 Å². The van der Waals surface area contributed by atoms with Crippen LogP contribution in [-0.4, -0.2) is 29.1 Å². The highest BCUT2D eigenvalue weighted by atomic mass is 79.9. The zero-order chi connectivity index (χ0) is 25.1. The third kappa shape index (κ3) is 5.90. The minimum absolute atomic E-state index is 0.120. The molecule has 35 heavy (non-hydrogen) atoms. The molecule has 0 aromatic heterocycles. The highest BCUT2D eigenvalue weighted by Gasteiger charge is 2.35. The van der Waals surface area contributed by atoms with E-state index >= 15 is 0 Å². The van der Waals surface area contributed by atoms with Gasteiger partial charge in [0.2, 0.25) is 0 Å². The first-order chi connectivity index (χ1) is 16.7. The molecular formula is C25H16BrCl2NO5S. The fraction of sp³-hybridized carbons (Fsp3) is 0.0800. The second-order valence-electron chi connectivity index (χ2n) is 7.33. The molecule has 0 radical (unpaired) electrons. The van der Waals surface area contributed by atoms with E-state index in [0.717, 1.165) is 22.2 Å². The van der Waals surface area contributed by atoms with Crippen molar-refractivity contribution >= 4 is 74.1 Å². The second kappa shape index (κ2) is 10.9. The van der Waals surface area contributed by atoms with Gasteiger partial charge in [-0.15, -0.1) is 0 Å². The van der Waals surface area contributed by atoms with Crippen molar-refractivity contribution in [1.82, 2.24) is 4.90 Å². The van der Waals surface area contributed by atoms with Crippen LogP contribution in [0.15, 0.2) is 70.0 Å². The van der Waals surface area contributed by atoms with E-state index < -0.39 is 11.9 Å². The Morgan fingerprint density at radius 1 is 1.06 bits per heavy atom. The molecule has 0 N–H and O–H groups in total. The normalized spacial score (nSPS) is 14.5. The Morgan fingerprint density at radius 3 is 2.49 bits per heavy atom. The topological polar surface area (TPSA) is 72.9 Å². The average molecular weight is 593 g/mol. The molecule has 0 bridgehead atoms. The molecule has 1 aliphatic rings. The first kappa shape index (κ1) is 25.3. The highest BCUT2D eigenvalue weighted by molar-refractivity contribution is 9.10. The van der Waals surface area contributed by atoms with Gasteiger partial charge in [-0.2, -0.15) is 0 Å². The molecule has 10 heteroatoms. The summed E-state index contributed by atoms with van der Waals surface area (Å²) in [5.74, 6) is -0.548. The summed E-state index contributed by atoms with van der Waals surface area (Å²) in [4.78, 5) is 39.4. The van der Waals surface area contributed by atoms with E-state index in [2.05, 4.69) is 15.9 Å². The second-order valence-corrected chi connectivity index (χ2v) is 10.0. The van der Waals surface area contributed by atoms with Crippen LogP contribution in [0.2, 0.25) is 10.0 Å². The maximum atomic E-state index is 12.9. The molecule has 3 aromatic carbocycles. The smallest absolute Gasteiger partial charge is 0.343 e. The van der Waals surface area contributed by atoms with Gasteiger partial charge in [0.15, 0.2) is 11.5 Å². The molecular weight excluding hydrogens is 577 g/mol. The summed E-state index contributed by atoms with van der Waals surface area (Å²) < 4.78 is 11.4. The molecule has 1 saturated heterocycles. The van der Waals surface area contributed by atoms with Gasteiger partial charge >= 0.3 is 5.97 Å². The number of benzene rings is 3. The van der Waals surface area contributed by atoms with Crippen LogP contribution in [0.5, 0.6) is 11.5 Å². The number of amides is 2. The number of hydrogen-bond donors (Lipinski definition) is 0. The average Bonchev–Trinajstić information content (AvgIpc) is 3.08. The van der Waals surface area contributed by atoms with Crippen LogP contribution >= 0.6 is 50.9 Å². The number of carbonyl (C=O) groups excluding carboxylic acids is 3. The van der Waals surface area contributed by atoms with Gasteiger partial charge in [-0.3, -0.25) is 14.5 Å². The molecule has 0 atom stereocenters. The van der Waals surface area contributed by atoms with Gasteiger partial charge in [0, 0.05) is 10.0 Å². The summed E-state index contributed by atoms with van der Waals surface area (Å²) in [6.45, 7) is 0.120. The highest BCUT2D eigenvalue weighted by Crippen LogP contribution is 2.40. The van der Waals surface area contributed by atoms with E-state index in [0.29, 0.717) is 25.6 Å². The van der Waals surface area contributed by atoms with Crippen molar-refractivity contribution in [2.45, 2.75) is 6.54 Å². The number of hydrogen-bond acceptors (Lipinski definition) is 6. The lowest BCUT2D eigenvalue weighted by Gasteiger charge is -2.13. The summed E-state index contributed by atoms with van der Waals surface area (Å²) in [5.41, 5.74) is 1.64. The molecule has 2 amide bonds. The maximum absolute atomic E-state index is 12.9. The van der Waals surface area contributed by atoms with E-state index in [-0.39, 0.29) is 28.2 Å². The van der Waals surface area contributed by atoms with Gasteiger partial charge in [-0.1, -0.05) is 35.3 Å². The zero-order valence-corrected chi connectivity index (χ0v) is 22.0. The van der Waals surface area contributed by atoms with E-state index in [1.807, 2.05) is 0 Å². The minimum atomic E-state index is -0.587. The Labute approximate surface area is 223 Å². The maximum Gasteiger partial charge on any atom is 0.343 e. The number of esters is 1. The number of carbonyl (C=O) groups is 3. The monoisotopic (exact) mass is 591 g/mol. The number of ether oxygens (including phenoxy) is 2. The number of nitrogens with zero attached hydrogens (tertiary/aromatic N) is 1. The van der Waals surface area contributed by atoms with Crippen molar-refractivity contribution in [3.05, 3.63) is 96.8 Å². The summed E-state index contributed by atoms with van der Waals surface area (Å²) >= 11 is 16.1. The van der Waals surface area contributed by atoms with Gasteiger partial charge in [-0.05, 0) is 93.4 Å². The Balaban J connectivity index is 1.56. The number of thioether (sulfide) groups is 1. The summed E-state index contributed by atoms with van der Waals surface area (Å²) in [6.07, 6.45) is 1.58. The molecule has 0 unspecified atom stereocenters. The van der Waals surface area contributed by atoms with Crippen molar-refractivity contribution in [2.24, 2.45) is 0 Å². The molecule has 1 fully saturated rings. The molecule has 0 aliphatic carbocycles. The van der Waals surface area contributed by atoms with Gasteiger partial charge in [0.1, 0.15) is 0 Å². The van der Waals surface area contributed by atoms with E-state index in [9.17, 15) is 14.4 Å². The third-order valence-corrected chi connectivity index (χ3v) is 6.91. The third-order valence-electron chi connectivity index (χ3n) is 4.93. The fourth-order valence-corrected chi connectivity index (χ4v) is 4.98. The molecule has 0 spiro atoms. The minimum Gasteiger partial charge on any atom is -0.493 e. The van der Waals surface area contributed by atoms with E-state index in [1.165, 1.54) is 7.11 Å². The first-order valence-corrected chi connectivity index (χ1v) is 12.5. The lowest BCUT2D eigenvalue weighted by molar-refractivity contribution is -0.123. The fourth-order valence-electron chi connectivity index (χ4n) is 3.27. The van der Waals surface area contributed by atoms with Gasteiger partial charge in [0.25, 0.3) is 11.1 Å². The molecule has 3 aromatic rings. The van der Waals surface area contributed by atoms with E-state index in [1.54, 1.807) is 66.7 Å². The Bertz CT molecular complexity index is 1360. The van der Waals surface area contributed by atoms with Crippen molar-refractivity contribution < 1.29 is 23.9 Å². The lowest BCUT2D eigenvalue weighted by Crippen LogP contribution is -2.27. The van der Waals surface area contributed by atoms with Gasteiger partial charge in [-0.25, -0.2) is 4.79 Å². The molecule has 1 aliphatic heterocycles. The summed E-state index contributed by atoms with van der Waals surface area (Å²) in [7, 11) is 1.43. The lowest BCUT2D eigenvalue weighted by atomic mass is 10.1. The van der Waals surface area contributed by atoms with Crippen LogP contribution in [0.4, 0.5) is 4.79 Å². The number of halogens is 3. The van der Waals surface area contributed by atoms with Crippen LogP contribution < -0.4 is 9.47 Å². The van der Waals surface area contributed by atoms with Crippen LogP contribution in [0.1, 0.15) is 21.5 Å². The molecule has 6 nitrogen and oxygen atoms in total. The predicted octanol–water partition coefficient (Wildman–Crippen LogP) is 7.22. The van der Waals surface area contributed by atoms with E-state index in [4.69, 9.17) is 32.7 Å². The Morgan fingerprint density at radius 2 is 1.80 bits per heavy atom. The van der Waals surface area contributed by atoms with Crippen molar-refractivity contribution in [3.8, 4) is 11.5 Å².